The Labute approximate surface area is 180 Å². The molecule has 156 valence electrons. The van der Waals surface area contributed by atoms with E-state index in [2.05, 4.69) is 6.58 Å². The highest BCUT2D eigenvalue weighted by molar-refractivity contribution is 5.94. The van der Waals surface area contributed by atoms with E-state index in [1.807, 2.05) is 48.5 Å². The van der Waals surface area contributed by atoms with Gasteiger partial charge in [0.2, 0.25) is 5.88 Å². The van der Waals surface area contributed by atoms with Gasteiger partial charge in [-0.25, -0.2) is 9.78 Å². The number of methoxy groups -OCH3 is 1. The Balaban J connectivity index is 1.74. The molecule has 6 nitrogen and oxygen atoms in total. The number of para-hydroxylation sites is 1. The van der Waals surface area contributed by atoms with Gasteiger partial charge in [0.1, 0.15) is 5.75 Å². The van der Waals surface area contributed by atoms with E-state index in [0.717, 1.165) is 16.7 Å². The first-order valence-electron chi connectivity index (χ1n) is 9.77. The van der Waals surface area contributed by atoms with Crippen molar-refractivity contribution in [3.05, 3.63) is 89.5 Å². The predicted molar refractivity (Wildman–Crippen MR) is 117 cm³/mol. The van der Waals surface area contributed by atoms with Crippen LogP contribution in [0, 0.1) is 0 Å². The lowest BCUT2D eigenvalue weighted by Gasteiger charge is -2.28. The number of esters is 1. The van der Waals surface area contributed by atoms with Crippen LogP contribution in [0.5, 0.6) is 11.6 Å². The Hall–Kier alpha value is -3.93. The summed E-state index contributed by atoms with van der Waals surface area (Å²) < 4.78 is 11.0. The molecule has 2 heterocycles. The summed E-state index contributed by atoms with van der Waals surface area (Å²) >= 11 is 0. The fraction of sp³-hybridized carbons (Fsp3) is 0.160. The molecule has 0 spiro atoms. The number of aromatic nitrogens is 1. The van der Waals surface area contributed by atoms with Crippen LogP contribution in [0.4, 0.5) is 0 Å². The summed E-state index contributed by atoms with van der Waals surface area (Å²) in [5.74, 6) is 0.0994. The average Bonchev–Trinajstić information content (AvgIpc) is 2.80. The van der Waals surface area contributed by atoms with E-state index in [-0.39, 0.29) is 5.91 Å². The third kappa shape index (κ3) is 3.68. The highest BCUT2D eigenvalue weighted by Crippen LogP contribution is 2.46. The molecule has 0 aliphatic carbocycles. The van der Waals surface area contributed by atoms with E-state index in [0.29, 0.717) is 28.5 Å². The van der Waals surface area contributed by atoms with Crippen LogP contribution in [-0.4, -0.2) is 43.0 Å². The zero-order valence-corrected chi connectivity index (χ0v) is 17.6. The first-order chi connectivity index (χ1) is 14.9. The van der Waals surface area contributed by atoms with Crippen molar-refractivity contribution in [1.29, 1.82) is 0 Å². The van der Waals surface area contributed by atoms with Crippen LogP contribution in [-0.2, 0) is 9.53 Å². The second-order valence-electron chi connectivity index (χ2n) is 7.46. The number of pyridine rings is 1. The molecular weight excluding hydrogens is 392 g/mol. The Morgan fingerprint density at radius 1 is 1.00 bits per heavy atom. The molecule has 0 fully saturated rings. The van der Waals surface area contributed by atoms with Crippen molar-refractivity contribution < 1.29 is 19.1 Å². The molecule has 0 radical (unpaired) electrons. The number of benzene rings is 2. The predicted octanol–water partition coefficient (Wildman–Crippen LogP) is 4.42. The van der Waals surface area contributed by atoms with Crippen molar-refractivity contribution in [2.75, 3.05) is 21.2 Å². The Bertz CT molecular complexity index is 1180. The van der Waals surface area contributed by atoms with Crippen molar-refractivity contribution in [2.24, 2.45) is 0 Å². The van der Waals surface area contributed by atoms with Gasteiger partial charge < -0.3 is 14.4 Å². The first-order valence-corrected chi connectivity index (χ1v) is 9.77. The zero-order chi connectivity index (χ0) is 22.1. The van der Waals surface area contributed by atoms with Crippen LogP contribution in [0.1, 0.15) is 27.4 Å². The van der Waals surface area contributed by atoms with Crippen molar-refractivity contribution in [3.8, 4) is 22.9 Å². The molecule has 1 amide bonds. The van der Waals surface area contributed by atoms with Gasteiger partial charge in [-0.15, -0.1) is 0 Å². The van der Waals surface area contributed by atoms with E-state index >= 15 is 0 Å². The van der Waals surface area contributed by atoms with Gasteiger partial charge in [-0.2, -0.15) is 0 Å². The molecule has 1 aliphatic heterocycles. The smallest absolute Gasteiger partial charge is 0.334 e. The largest absolute Gasteiger partial charge is 0.466 e. The summed E-state index contributed by atoms with van der Waals surface area (Å²) in [7, 11) is 4.77. The lowest BCUT2D eigenvalue weighted by Crippen LogP contribution is -2.21. The number of amides is 1. The number of ether oxygens (including phenoxy) is 2. The molecule has 1 unspecified atom stereocenters. The molecule has 0 N–H and O–H groups in total. The molecule has 2 aromatic carbocycles. The van der Waals surface area contributed by atoms with Gasteiger partial charge >= 0.3 is 5.97 Å². The maximum Gasteiger partial charge on any atom is 0.334 e. The molecule has 1 atom stereocenters. The van der Waals surface area contributed by atoms with Gasteiger partial charge in [0.05, 0.1) is 12.8 Å². The Morgan fingerprint density at radius 2 is 1.71 bits per heavy atom. The molecule has 4 rings (SSSR count). The second-order valence-corrected chi connectivity index (χ2v) is 7.46. The fourth-order valence-corrected chi connectivity index (χ4v) is 3.66. The Kier molecular flexibility index (Phi) is 5.29. The third-order valence-electron chi connectivity index (χ3n) is 5.27. The van der Waals surface area contributed by atoms with Crippen LogP contribution in [0.15, 0.2) is 72.8 Å². The van der Waals surface area contributed by atoms with Crippen LogP contribution < -0.4 is 4.74 Å². The zero-order valence-electron chi connectivity index (χ0n) is 17.6. The van der Waals surface area contributed by atoms with Crippen LogP contribution >= 0.6 is 0 Å². The lowest BCUT2D eigenvalue weighted by atomic mass is 9.84. The van der Waals surface area contributed by atoms with Crippen LogP contribution in [0.25, 0.3) is 11.3 Å². The number of nitrogens with zero attached hydrogens (tertiary/aromatic N) is 2. The fourth-order valence-electron chi connectivity index (χ4n) is 3.66. The maximum absolute atomic E-state index is 12.2. The monoisotopic (exact) mass is 414 g/mol. The average molecular weight is 414 g/mol. The molecule has 1 aromatic heterocycles. The standard InChI is InChI=1S/C25H22N2O4/c1-15(25(29)30-4)22-18-7-5-6-8-21(18)31-23-19(22)13-14-20(26-23)16-9-11-17(12-10-16)24(28)27(2)3/h5-14,22H,1H2,2-4H3. The number of fused-ring (bicyclic) bond motifs is 2. The maximum atomic E-state index is 12.2. The lowest BCUT2D eigenvalue weighted by molar-refractivity contribution is -0.136. The van der Waals surface area contributed by atoms with Gasteiger partial charge in [0.25, 0.3) is 5.91 Å². The molecule has 0 saturated heterocycles. The highest BCUT2D eigenvalue weighted by atomic mass is 16.5. The number of hydrogen-bond acceptors (Lipinski definition) is 5. The van der Waals surface area contributed by atoms with Gasteiger partial charge in [-0.3, -0.25) is 4.79 Å². The highest BCUT2D eigenvalue weighted by Gasteiger charge is 2.33. The molecule has 1 aliphatic rings. The first kappa shape index (κ1) is 20.3. The topological polar surface area (TPSA) is 68.7 Å². The van der Waals surface area contributed by atoms with Gasteiger partial charge in [0, 0.05) is 47.8 Å². The quantitative estimate of drug-likeness (QED) is 0.467. The SMILES string of the molecule is C=C(C(=O)OC)C1c2ccccc2Oc2nc(-c3ccc(C(=O)N(C)C)cc3)ccc21. The van der Waals surface area contributed by atoms with Crippen molar-refractivity contribution in [2.45, 2.75) is 5.92 Å². The summed E-state index contributed by atoms with van der Waals surface area (Å²) in [4.78, 5) is 30.6. The number of carbonyl (C=O) groups excluding carboxylic acids is 2. The van der Waals surface area contributed by atoms with Crippen molar-refractivity contribution >= 4 is 11.9 Å². The normalized spacial score (nSPS) is 14.0. The number of carbonyl (C=O) groups is 2. The number of rotatable bonds is 4. The van der Waals surface area contributed by atoms with E-state index in [1.165, 1.54) is 12.0 Å². The molecule has 3 aromatic rings. The minimum atomic E-state index is -0.474. The van der Waals surface area contributed by atoms with Gasteiger partial charge in [-0.05, 0) is 24.3 Å². The summed E-state index contributed by atoms with van der Waals surface area (Å²) in [5, 5.41) is 0. The van der Waals surface area contributed by atoms with E-state index in [1.54, 1.807) is 26.2 Å². The molecular formula is C25H22N2O4. The number of hydrogen-bond donors (Lipinski definition) is 0. The molecule has 0 bridgehead atoms. The van der Waals surface area contributed by atoms with Crippen molar-refractivity contribution in [1.82, 2.24) is 9.88 Å². The molecule has 0 saturated carbocycles. The summed E-state index contributed by atoms with van der Waals surface area (Å²) in [6.45, 7) is 3.97. The van der Waals surface area contributed by atoms with E-state index in [4.69, 9.17) is 14.5 Å². The second kappa shape index (κ2) is 8.07. The summed E-state index contributed by atoms with van der Waals surface area (Å²) in [6, 6.07) is 18.5. The van der Waals surface area contributed by atoms with Gasteiger partial charge in [-0.1, -0.05) is 43.0 Å². The van der Waals surface area contributed by atoms with Crippen molar-refractivity contribution in [3.63, 3.8) is 0 Å². The van der Waals surface area contributed by atoms with Crippen LogP contribution in [0.2, 0.25) is 0 Å². The Morgan fingerprint density at radius 3 is 2.39 bits per heavy atom. The minimum Gasteiger partial charge on any atom is -0.466 e. The third-order valence-corrected chi connectivity index (χ3v) is 5.27. The van der Waals surface area contributed by atoms with Crippen LogP contribution in [0.3, 0.4) is 0 Å². The molecule has 6 heteroatoms. The van der Waals surface area contributed by atoms with E-state index < -0.39 is 11.9 Å². The summed E-state index contributed by atoms with van der Waals surface area (Å²) in [6.07, 6.45) is 0. The van der Waals surface area contributed by atoms with Gasteiger partial charge in [0.15, 0.2) is 0 Å². The van der Waals surface area contributed by atoms with E-state index in [9.17, 15) is 9.59 Å². The molecule has 31 heavy (non-hydrogen) atoms. The summed E-state index contributed by atoms with van der Waals surface area (Å²) in [5.41, 5.74) is 4.06. The minimum absolute atomic E-state index is 0.0611.